The molecule has 7 heteroatoms. The number of benzene rings is 1. The molecule has 0 aliphatic carbocycles. The van der Waals surface area contributed by atoms with Crippen molar-refractivity contribution >= 4 is 29.4 Å². The van der Waals surface area contributed by atoms with Crippen molar-refractivity contribution in [2.75, 3.05) is 13.1 Å². The maximum absolute atomic E-state index is 12.3. The Labute approximate surface area is 126 Å². The van der Waals surface area contributed by atoms with Crippen LogP contribution < -0.4 is 5.32 Å². The fourth-order valence-corrected chi connectivity index (χ4v) is 2.50. The maximum Gasteiger partial charge on any atom is 0.315 e. The van der Waals surface area contributed by atoms with Crippen LogP contribution in [0.25, 0.3) is 0 Å². The van der Waals surface area contributed by atoms with Crippen molar-refractivity contribution in [3.05, 3.63) is 34.9 Å². The van der Waals surface area contributed by atoms with E-state index in [1.54, 1.807) is 24.3 Å². The summed E-state index contributed by atoms with van der Waals surface area (Å²) in [5, 5.41) is 12.0. The normalized spacial score (nSPS) is 19.8. The Hall–Kier alpha value is -2.08. The molecule has 0 saturated carbocycles. The molecule has 112 valence electrons. The van der Waals surface area contributed by atoms with Crippen LogP contribution in [0, 0.1) is 5.92 Å². The number of nitrogens with zero attached hydrogens (tertiary/aromatic N) is 1. The van der Waals surface area contributed by atoms with Gasteiger partial charge in [-0.25, -0.2) is 0 Å². The van der Waals surface area contributed by atoms with Gasteiger partial charge in [0.1, 0.15) is 12.0 Å². The molecule has 2 amide bonds. The largest absolute Gasteiger partial charge is 0.481 e. The van der Waals surface area contributed by atoms with Gasteiger partial charge in [0, 0.05) is 23.7 Å². The summed E-state index contributed by atoms with van der Waals surface area (Å²) in [5.41, 5.74) is 0.488. The van der Waals surface area contributed by atoms with Crippen LogP contribution in [0.2, 0.25) is 5.02 Å². The number of carboxylic acids is 1. The molecule has 0 aromatic heterocycles. The van der Waals surface area contributed by atoms with E-state index in [1.165, 1.54) is 11.8 Å². The van der Waals surface area contributed by atoms with Gasteiger partial charge < -0.3 is 15.3 Å². The summed E-state index contributed by atoms with van der Waals surface area (Å²) in [6, 6.07) is 5.82. The molecule has 2 N–H and O–H groups in total. The van der Waals surface area contributed by atoms with Crippen LogP contribution in [0.4, 0.5) is 0 Å². The molecule has 1 saturated heterocycles. The Bertz CT molecular complexity index is 590. The molecule has 0 spiro atoms. The smallest absolute Gasteiger partial charge is 0.315 e. The molecule has 21 heavy (non-hydrogen) atoms. The van der Waals surface area contributed by atoms with Crippen LogP contribution in [0.1, 0.15) is 18.5 Å². The van der Waals surface area contributed by atoms with Crippen LogP contribution in [0.3, 0.4) is 0 Å². The maximum atomic E-state index is 12.3. The van der Waals surface area contributed by atoms with Gasteiger partial charge in [-0.3, -0.25) is 14.4 Å². The molecular formula is C14H15ClN2O4. The summed E-state index contributed by atoms with van der Waals surface area (Å²) >= 11 is 6.10. The van der Waals surface area contributed by atoms with Crippen LogP contribution in [-0.4, -0.2) is 40.9 Å². The standard InChI is InChI=1S/C14H15ClN2O4/c1-8(14(20)21)13(19)17-7-6-16-12(18)11(17)9-4-2-3-5-10(9)15/h2-5,8,11H,6-7H2,1H3,(H,16,18)(H,20,21). The predicted molar refractivity (Wildman–Crippen MR) is 75.7 cm³/mol. The van der Waals surface area contributed by atoms with Crippen molar-refractivity contribution in [2.24, 2.45) is 5.92 Å². The van der Waals surface area contributed by atoms with E-state index in [-0.39, 0.29) is 19.0 Å². The van der Waals surface area contributed by atoms with Crippen LogP contribution >= 0.6 is 11.6 Å². The Morgan fingerprint density at radius 2 is 2.10 bits per heavy atom. The summed E-state index contributed by atoms with van der Waals surface area (Å²) in [4.78, 5) is 36.7. The lowest BCUT2D eigenvalue weighted by molar-refractivity contribution is -0.155. The Morgan fingerprint density at radius 3 is 2.71 bits per heavy atom. The second kappa shape index (κ2) is 6.13. The highest BCUT2D eigenvalue weighted by Gasteiger charge is 2.38. The zero-order chi connectivity index (χ0) is 15.6. The molecular weight excluding hydrogens is 296 g/mol. The van der Waals surface area contributed by atoms with Gasteiger partial charge in [0.05, 0.1) is 0 Å². The predicted octanol–water partition coefficient (Wildman–Crippen LogP) is 1.06. The minimum Gasteiger partial charge on any atom is -0.481 e. The molecule has 1 aromatic carbocycles. The minimum absolute atomic E-state index is 0.248. The third-order valence-electron chi connectivity index (χ3n) is 3.44. The molecule has 2 rings (SSSR count). The molecule has 2 atom stereocenters. The van der Waals surface area contributed by atoms with Crippen LogP contribution in [-0.2, 0) is 14.4 Å². The van der Waals surface area contributed by atoms with Gasteiger partial charge in [0.2, 0.25) is 11.8 Å². The van der Waals surface area contributed by atoms with E-state index in [9.17, 15) is 14.4 Å². The van der Waals surface area contributed by atoms with Crippen LogP contribution in [0.15, 0.2) is 24.3 Å². The first-order valence-corrected chi connectivity index (χ1v) is 6.86. The molecule has 1 aliphatic rings. The van der Waals surface area contributed by atoms with Crippen molar-refractivity contribution in [1.29, 1.82) is 0 Å². The SMILES string of the molecule is CC(C(=O)O)C(=O)N1CCNC(=O)C1c1ccccc1Cl. The summed E-state index contributed by atoms with van der Waals surface area (Å²) in [7, 11) is 0. The summed E-state index contributed by atoms with van der Waals surface area (Å²) < 4.78 is 0. The van der Waals surface area contributed by atoms with E-state index in [0.29, 0.717) is 10.6 Å². The number of hydrogen-bond acceptors (Lipinski definition) is 3. The summed E-state index contributed by atoms with van der Waals surface area (Å²) in [6.45, 7) is 1.84. The number of carbonyl (C=O) groups excluding carboxylic acids is 2. The van der Waals surface area contributed by atoms with E-state index in [1.807, 2.05) is 0 Å². The molecule has 1 aromatic rings. The first-order chi connectivity index (χ1) is 9.93. The van der Waals surface area contributed by atoms with Crippen molar-refractivity contribution in [3.8, 4) is 0 Å². The Kier molecular flexibility index (Phi) is 4.47. The number of piperazine rings is 1. The average molecular weight is 311 g/mol. The Morgan fingerprint density at radius 1 is 1.43 bits per heavy atom. The van der Waals surface area contributed by atoms with Crippen molar-refractivity contribution in [2.45, 2.75) is 13.0 Å². The van der Waals surface area contributed by atoms with E-state index >= 15 is 0 Å². The molecule has 1 aliphatic heterocycles. The fraction of sp³-hybridized carbons (Fsp3) is 0.357. The molecule has 1 fully saturated rings. The lowest BCUT2D eigenvalue weighted by atomic mass is 10.00. The highest BCUT2D eigenvalue weighted by molar-refractivity contribution is 6.31. The van der Waals surface area contributed by atoms with E-state index in [4.69, 9.17) is 16.7 Å². The van der Waals surface area contributed by atoms with Gasteiger partial charge in [0.25, 0.3) is 0 Å². The molecule has 2 unspecified atom stereocenters. The highest BCUT2D eigenvalue weighted by atomic mass is 35.5. The number of rotatable bonds is 3. The Balaban J connectivity index is 2.39. The molecule has 6 nitrogen and oxygen atoms in total. The number of amides is 2. The van der Waals surface area contributed by atoms with Crippen LogP contribution in [0.5, 0.6) is 0 Å². The van der Waals surface area contributed by atoms with Gasteiger partial charge >= 0.3 is 5.97 Å². The lowest BCUT2D eigenvalue weighted by Gasteiger charge is -2.36. The zero-order valence-corrected chi connectivity index (χ0v) is 12.1. The minimum atomic E-state index is -1.22. The van der Waals surface area contributed by atoms with Gasteiger partial charge in [-0.15, -0.1) is 0 Å². The quantitative estimate of drug-likeness (QED) is 0.817. The first-order valence-electron chi connectivity index (χ1n) is 6.49. The molecule has 1 heterocycles. The second-order valence-corrected chi connectivity index (χ2v) is 5.21. The van der Waals surface area contributed by atoms with Crippen molar-refractivity contribution in [3.63, 3.8) is 0 Å². The lowest BCUT2D eigenvalue weighted by Crippen LogP contribution is -2.54. The van der Waals surface area contributed by atoms with Crippen molar-refractivity contribution in [1.82, 2.24) is 10.2 Å². The number of carboxylic acid groups (broad SMARTS) is 1. The molecule has 0 bridgehead atoms. The van der Waals surface area contributed by atoms with E-state index < -0.39 is 23.8 Å². The van der Waals surface area contributed by atoms with Gasteiger partial charge in [-0.1, -0.05) is 29.8 Å². The third-order valence-corrected chi connectivity index (χ3v) is 3.78. The van der Waals surface area contributed by atoms with Gasteiger partial charge in [-0.2, -0.15) is 0 Å². The second-order valence-electron chi connectivity index (χ2n) is 4.81. The fourth-order valence-electron chi connectivity index (χ4n) is 2.26. The monoisotopic (exact) mass is 310 g/mol. The first kappa shape index (κ1) is 15.3. The zero-order valence-electron chi connectivity index (χ0n) is 11.4. The average Bonchev–Trinajstić information content (AvgIpc) is 2.46. The number of aliphatic carboxylic acids is 1. The van der Waals surface area contributed by atoms with Gasteiger partial charge in [-0.05, 0) is 13.0 Å². The topological polar surface area (TPSA) is 86.7 Å². The number of hydrogen-bond donors (Lipinski definition) is 2. The number of halogens is 1. The molecule has 0 radical (unpaired) electrons. The number of carbonyl (C=O) groups is 3. The van der Waals surface area contributed by atoms with Crippen molar-refractivity contribution < 1.29 is 19.5 Å². The van der Waals surface area contributed by atoms with E-state index in [0.717, 1.165) is 0 Å². The number of nitrogens with one attached hydrogen (secondary N) is 1. The van der Waals surface area contributed by atoms with Gasteiger partial charge in [0.15, 0.2) is 0 Å². The van der Waals surface area contributed by atoms with E-state index in [2.05, 4.69) is 5.32 Å². The summed E-state index contributed by atoms with van der Waals surface area (Å²) in [5.74, 6) is -3.38. The third kappa shape index (κ3) is 3.00. The summed E-state index contributed by atoms with van der Waals surface area (Å²) in [6.07, 6.45) is 0. The highest BCUT2D eigenvalue weighted by Crippen LogP contribution is 2.30.